The Hall–Kier alpha value is -2.13. The number of carbonyl (C=O) groups excluding carboxylic acids is 1. The van der Waals surface area contributed by atoms with Crippen LogP contribution in [0.5, 0.6) is 0 Å². The van der Waals surface area contributed by atoms with E-state index < -0.39 is 6.10 Å². The molecule has 0 rings (SSSR count). The molecule has 0 fully saturated rings. The molecule has 144 valence electrons. The zero-order valence-electron chi connectivity index (χ0n) is 16.2. The Bertz CT molecular complexity index is 508. The highest BCUT2D eigenvalue weighted by atomic mass is 16.5. The van der Waals surface area contributed by atoms with Crippen LogP contribution in [0.2, 0.25) is 0 Å². The van der Waals surface area contributed by atoms with Crippen molar-refractivity contribution in [1.82, 2.24) is 0 Å². The number of ether oxygens (including phenoxy) is 1. The smallest absolute Gasteiger partial charge is 0.305 e. The number of allylic oxidation sites excluding steroid dienone is 11. The number of hydrogen-bond donors (Lipinski definition) is 1. The normalized spacial score (nSPS) is 14.1. The summed E-state index contributed by atoms with van der Waals surface area (Å²) in [4.78, 5) is 11.0. The molecule has 1 unspecified atom stereocenters. The maximum absolute atomic E-state index is 11.0. The fourth-order valence-corrected chi connectivity index (χ4v) is 1.97. The summed E-state index contributed by atoms with van der Waals surface area (Å²) in [5.41, 5.74) is 0. The van der Waals surface area contributed by atoms with Crippen LogP contribution in [0.25, 0.3) is 0 Å². The van der Waals surface area contributed by atoms with Gasteiger partial charge in [0.15, 0.2) is 0 Å². The van der Waals surface area contributed by atoms with Gasteiger partial charge >= 0.3 is 5.97 Å². The second kappa shape index (κ2) is 19.2. The highest BCUT2D eigenvalue weighted by molar-refractivity contribution is 5.69. The fourth-order valence-electron chi connectivity index (χ4n) is 1.97. The van der Waals surface area contributed by atoms with Crippen molar-refractivity contribution < 1.29 is 14.6 Å². The van der Waals surface area contributed by atoms with Crippen molar-refractivity contribution in [3.05, 3.63) is 72.9 Å². The first kappa shape index (κ1) is 23.9. The molecule has 0 spiro atoms. The van der Waals surface area contributed by atoms with Crippen LogP contribution in [0.15, 0.2) is 72.9 Å². The van der Waals surface area contributed by atoms with Gasteiger partial charge < -0.3 is 9.84 Å². The minimum atomic E-state index is -0.615. The van der Waals surface area contributed by atoms with Crippen molar-refractivity contribution >= 4 is 5.97 Å². The number of esters is 1. The highest BCUT2D eigenvalue weighted by Gasteiger charge is 2.04. The third-order valence-electron chi connectivity index (χ3n) is 3.44. The Morgan fingerprint density at radius 3 is 1.85 bits per heavy atom. The van der Waals surface area contributed by atoms with Crippen LogP contribution in [-0.4, -0.2) is 24.3 Å². The molecule has 3 nitrogen and oxygen atoms in total. The average molecular weight is 359 g/mol. The lowest BCUT2D eigenvalue weighted by atomic mass is 10.2. The molecule has 0 aromatic rings. The zero-order chi connectivity index (χ0) is 19.3. The van der Waals surface area contributed by atoms with Crippen LogP contribution >= 0.6 is 0 Å². The monoisotopic (exact) mass is 358 g/mol. The third-order valence-corrected chi connectivity index (χ3v) is 3.44. The molecule has 0 aliphatic carbocycles. The third kappa shape index (κ3) is 18.2. The maximum Gasteiger partial charge on any atom is 0.305 e. The Morgan fingerprint density at radius 1 is 0.846 bits per heavy atom. The number of methoxy groups -OCH3 is 1. The first-order valence-corrected chi connectivity index (χ1v) is 9.38. The second-order valence-corrected chi connectivity index (χ2v) is 5.73. The molecule has 0 saturated carbocycles. The molecule has 0 aromatic carbocycles. The standard InChI is InChI=1S/C23H34O3/c1-3-4-5-6-7-8-9-10-11-12-13-14-15-16-17-18-19-22(24)20-21-23(25)26-2/h4-5,7-8,10-11,13-14,16-19,22,24H,3,6,9,12,15,20-21H2,1-2H3/b5-4-,8-7-,11-10-,14-13-,17-16-,19-18+. The fraction of sp³-hybridized carbons (Fsp3) is 0.435. The van der Waals surface area contributed by atoms with E-state index in [9.17, 15) is 9.90 Å². The van der Waals surface area contributed by atoms with Gasteiger partial charge in [-0.15, -0.1) is 0 Å². The number of carbonyl (C=O) groups is 1. The molecule has 0 bridgehead atoms. The molecule has 0 radical (unpaired) electrons. The second-order valence-electron chi connectivity index (χ2n) is 5.73. The quantitative estimate of drug-likeness (QED) is 0.249. The minimum absolute atomic E-state index is 0.230. The van der Waals surface area contributed by atoms with E-state index in [-0.39, 0.29) is 12.4 Å². The lowest BCUT2D eigenvalue weighted by Gasteiger charge is -2.02. The molecule has 0 aliphatic rings. The van der Waals surface area contributed by atoms with E-state index in [1.807, 2.05) is 12.2 Å². The Kier molecular flexibility index (Phi) is 17.6. The molecular weight excluding hydrogens is 324 g/mol. The summed E-state index contributed by atoms with van der Waals surface area (Å²) in [6, 6.07) is 0. The van der Waals surface area contributed by atoms with Gasteiger partial charge in [0.05, 0.1) is 13.2 Å². The van der Waals surface area contributed by atoms with Gasteiger partial charge in [-0.3, -0.25) is 4.79 Å². The number of aliphatic hydroxyl groups is 1. The molecule has 0 amide bonds. The van der Waals surface area contributed by atoms with E-state index >= 15 is 0 Å². The minimum Gasteiger partial charge on any atom is -0.469 e. The summed E-state index contributed by atoms with van der Waals surface area (Å²) in [5, 5.41) is 9.65. The first-order chi connectivity index (χ1) is 12.7. The molecule has 0 aromatic heterocycles. The van der Waals surface area contributed by atoms with Gasteiger partial charge in [0.2, 0.25) is 0 Å². The van der Waals surface area contributed by atoms with Gasteiger partial charge in [-0.25, -0.2) is 0 Å². The molecule has 0 heterocycles. The van der Waals surface area contributed by atoms with Crippen molar-refractivity contribution in [3.8, 4) is 0 Å². The number of hydrogen-bond acceptors (Lipinski definition) is 3. The van der Waals surface area contributed by atoms with Gasteiger partial charge in [0, 0.05) is 6.42 Å². The molecule has 0 saturated heterocycles. The Balaban J connectivity index is 3.69. The van der Waals surface area contributed by atoms with E-state index in [1.54, 1.807) is 12.2 Å². The summed E-state index contributed by atoms with van der Waals surface area (Å²) in [5.74, 6) is -0.299. The summed E-state index contributed by atoms with van der Waals surface area (Å²) >= 11 is 0. The van der Waals surface area contributed by atoms with Crippen LogP contribution in [0.4, 0.5) is 0 Å². The van der Waals surface area contributed by atoms with Crippen LogP contribution in [0.3, 0.4) is 0 Å². The van der Waals surface area contributed by atoms with E-state index in [0.717, 1.165) is 32.1 Å². The van der Waals surface area contributed by atoms with Gasteiger partial charge in [0.1, 0.15) is 0 Å². The average Bonchev–Trinajstić information content (AvgIpc) is 2.65. The largest absolute Gasteiger partial charge is 0.469 e. The molecule has 0 aliphatic heterocycles. The molecule has 3 heteroatoms. The molecule has 1 N–H and O–H groups in total. The highest BCUT2D eigenvalue weighted by Crippen LogP contribution is 2.00. The van der Waals surface area contributed by atoms with Crippen molar-refractivity contribution in [2.45, 2.75) is 58.0 Å². The lowest BCUT2D eigenvalue weighted by Crippen LogP contribution is -2.07. The summed E-state index contributed by atoms with van der Waals surface area (Å²) < 4.78 is 4.53. The predicted octanol–water partition coefficient (Wildman–Crippen LogP) is 5.61. The van der Waals surface area contributed by atoms with Gasteiger partial charge in [-0.1, -0.05) is 79.8 Å². The topological polar surface area (TPSA) is 46.5 Å². The molecule has 1 atom stereocenters. The van der Waals surface area contributed by atoms with Crippen LogP contribution in [0, 0.1) is 0 Å². The van der Waals surface area contributed by atoms with Crippen molar-refractivity contribution in [3.63, 3.8) is 0 Å². The van der Waals surface area contributed by atoms with Gasteiger partial charge in [-0.05, 0) is 38.5 Å². The summed E-state index contributed by atoms with van der Waals surface area (Å²) in [6.45, 7) is 2.14. The van der Waals surface area contributed by atoms with Crippen molar-refractivity contribution in [1.29, 1.82) is 0 Å². The van der Waals surface area contributed by atoms with E-state index in [2.05, 4.69) is 60.3 Å². The molecular formula is C23H34O3. The lowest BCUT2D eigenvalue weighted by molar-refractivity contribution is -0.141. The van der Waals surface area contributed by atoms with Crippen LogP contribution in [-0.2, 0) is 9.53 Å². The first-order valence-electron chi connectivity index (χ1n) is 9.38. The number of aliphatic hydroxyl groups excluding tert-OH is 1. The Labute approximate surface area is 159 Å². The zero-order valence-corrected chi connectivity index (χ0v) is 16.2. The SMILES string of the molecule is CC/C=C\C/C=C\C/C=C\C/C=C\C/C=C\C=C\C(O)CCC(=O)OC. The predicted molar refractivity (Wildman–Crippen MR) is 111 cm³/mol. The van der Waals surface area contributed by atoms with E-state index in [4.69, 9.17) is 0 Å². The summed E-state index contributed by atoms with van der Waals surface area (Å²) in [7, 11) is 1.35. The van der Waals surface area contributed by atoms with Crippen LogP contribution < -0.4 is 0 Å². The van der Waals surface area contributed by atoms with Crippen LogP contribution in [0.1, 0.15) is 51.9 Å². The maximum atomic E-state index is 11.0. The van der Waals surface area contributed by atoms with Crippen molar-refractivity contribution in [2.75, 3.05) is 7.11 Å². The van der Waals surface area contributed by atoms with Gasteiger partial charge in [0.25, 0.3) is 0 Å². The Morgan fingerprint density at radius 2 is 1.35 bits per heavy atom. The van der Waals surface area contributed by atoms with E-state index in [1.165, 1.54) is 7.11 Å². The van der Waals surface area contributed by atoms with E-state index in [0.29, 0.717) is 6.42 Å². The molecule has 26 heavy (non-hydrogen) atoms. The van der Waals surface area contributed by atoms with Gasteiger partial charge in [-0.2, -0.15) is 0 Å². The van der Waals surface area contributed by atoms with Crippen molar-refractivity contribution in [2.24, 2.45) is 0 Å². The number of rotatable bonds is 14. The summed E-state index contributed by atoms with van der Waals surface area (Å²) in [6.07, 6.45) is 29.7.